The number of hydrogen-bond donors (Lipinski definition) is 1. The van der Waals surface area contributed by atoms with Crippen LogP contribution in [0.3, 0.4) is 0 Å². The summed E-state index contributed by atoms with van der Waals surface area (Å²) in [4.78, 5) is 14.1. The molecule has 5 nitrogen and oxygen atoms in total. The molecule has 2 heterocycles. The summed E-state index contributed by atoms with van der Waals surface area (Å²) >= 11 is 0. The van der Waals surface area contributed by atoms with Gasteiger partial charge in [-0.1, -0.05) is 18.2 Å². The second-order valence-electron chi connectivity index (χ2n) is 7.37. The number of para-hydroxylation sites is 1. The van der Waals surface area contributed by atoms with E-state index in [1.165, 1.54) is 5.56 Å². The van der Waals surface area contributed by atoms with Crippen LogP contribution >= 0.6 is 0 Å². The first-order valence-electron chi connectivity index (χ1n) is 8.34. The Kier molecular flexibility index (Phi) is 4.48. The lowest BCUT2D eigenvalue weighted by Gasteiger charge is -2.39. The van der Waals surface area contributed by atoms with Gasteiger partial charge in [0.25, 0.3) is 0 Å². The quantitative estimate of drug-likeness (QED) is 0.864. The van der Waals surface area contributed by atoms with Gasteiger partial charge in [-0.2, -0.15) is 0 Å². The molecule has 2 atom stereocenters. The molecule has 126 valence electrons. The number of benzene rings is 1. The lowest BCUT2D eigenvalue weighted by molar-refractivity contribution is 0.0153. The van der Waals surface area contributed by atoms with Gasteiger partial charge in [0.1, 0.15) is 11.4 Å². The van der Waals surface area contributed by atoms with E-state index >= 15 is 0 Å². The van der Waals surface area contributed by atoms with E-state index in [4.69, 9.17) is 9.47 Å². The number of carbonyl (C=O) groups is 1. The monoisotopic (exact) mass is 318 g/mol. The topological polar surface area (TPSA) is 50.8 Å². The minimum atomic E-state index is -0.454. The Morgan fingerprint density at radius 3 is 2.91 bits per heavy atom. The predicted octanol–water partition coefficient (Wildman–Crippen LogP) is 2.45. The second kappa shape index (κ2) is 6.40. The molecule has 2 aliphatic heterocycles. The van der Waals surface area contributed by atoms with Gasteiger partial charge in [-0.3, -0.25) is 0 Å². The maximum Gasteiger partial charge on any atom is 0.410 e. The van der Waals surface area contributed by atoms with Gasteiger partial charge in [-0.15, -0.1) is 0 Å². The Hall–Kier alpha value is -1.75. The molecule has 0 spiro atoms. The highest BCUT2D eigenvalue weighted by molar-refractivity contribution is 5.68. The molecule has 2 aliphatic rings. The summed E-state index contributed by atoms with van der Waals surface area (Å²) in [5, 5.41) is 3.54. The van der Waals surface area contributed by atoms with Crippen LogP contribution in [-0.4, -0.2) is 48.9 Å². The van der Waals surface area contributed by atoms with E-state index in [2.05, 4.69) is 11.4 Å². The maximum atomic E-state index is 12.3. The molecule has 1 aromatic rings. The zero-order valence-electron chi connectivity index (χ0n) is 14.2. The number of rotatable bonds is 1. The first kappa shape index (κ1) is 16.1. The lowest BCUT2D eigenvalue weighted by Crippen LogP contribution is -2.57. The number of nitrogens with one attached hydrogen (secondary N) is 1. The Labute approximate surface area is 137 Å². The summed E-state index contributed by atoms with van der Waals surface area (Å²) in [5.74, 6) is 1.36. The molecule has 1 aromatic carbocycles. The van der Waals surface area contributed by atoms with E-state index < -0.39 is 5.60 Å². The molecule has 0 bridgehead atoms. The molecule has 0 aromatic heterocycles. The average Bonchev–Trinajstić information content (AvgIpc) is 2.53. The standard InChI is InChI=1S/C18H26N2O3/c1-18(2,3)23-17(21)20-9-8-19-15(11-20)14-10-13-6-4-5-7-16(13)22-12-14/h4-7,14-15,19H,8-12H2,1-3H3. The van der Waals surface area contributed by atoms with Crippen LogP contribution < -0.4 is 10.1 Å². The molecule has 3 rings (SSSR count). The first-order valence-corrected chi connectivity index (χ1v) is 8.34. The van der Waals surface area contributed by atoms with Crippen LogP contribution in [0.5, 0.6) is 5.75 Å². The zero-order valence-corrected chi connectivity index (χ0v) is 14.2. The van der Waals surface area contributed by atoms with Crippen LogP contribution in [0, 0.1) is 5.92 Å². The molecule has 23 heavy (non-hydrogen) atoms. The summed E-state index contributed by atoms with van der Waals surface area (Å²) in [6.45, 7) is 8.54. The van der Waals surface area contributed by atoms with Crippen LogP contribution in [0.1, 0.15) is 26.3 Å². The van der Waals surface area contributed by atoms with Crippen LogP contribution in [0.4, 0.5) is 4.79 Å². The summed E-state index contributed by atoms with van der Waals surface area (Å²) in [5.41, 5.74) is 0.796. The van der Waals surface area contributed by atoms with Gasteiger partial charge in [-0.05, 0) is 38.8 Å². The molecule has 1 N–H and O–H groups in total. The average molecular weight is 318 g/mol. The molecular weight excluding hydrogens is 292 g/mol. The van der Waals surface area contributed by atoms with Gasteiger partial charge >= 0.3 is 6.09 Å². The predicted molar refractivity (Wildman–Crippen MR) is 88.7 cm³/mol. The van der Waals surface area contributed by atoms with Crippen LogP contribution in [-0.2, 0) is 11.2 Å². The van der Waals surface area contributed by atoms with E-state index in [-0.39, 0.29) is 12.1 Å². The van der Waals surface area contributed by atoms with Gasteiger partial charge in [0.2, 0.25) is 0 Å². The number of amides is 1. The van der Waals surface area contributed by atoms with E-state index in [9.17, 15) is 4.79 Å². The molecular formula is C18H26N2O3. The van der Waals surface area contributed by atoms with E-state index in [0.29, 0.717) is 25.6 Å². The molecule has 1 saturated heterocycles. The van der Waals surface area contributed by atoms with Crippen LogP contribution in [0.15, 0.2) is 24.3 Å². The number of ether oxygens (including phenoxy) is 2. The third-order valence-corrected chi connectivity index (χ3v) is 4.33. The van der Waals surface area contributed by atoms with Crippen molar-refractivity contribution in [2.45, 2.75) is 38.8 Å². The molecule has 1 fully saturated rings. The van der Waals surface area contributed by atoms with Crippen molar-refractivity contribution >= 4 is 6.09 Å². The molecule has 2 unspecified atom stereocenters. The highest BCUT2D eigenvalue weighted by atomic mass is 16.6. The first-order chi connectivity index (χ1) is 10.9. The van der Waals surface area contributed by atoms with Gasteiger partial charge < -0.3 is 19.7 Å². The third-order valence-electron chi connectivity index (χ3n) is 4.33. The molecule has 0 aliphatic carbocycles. The third kappa shape index (κ3) is 3.96. The van der Waals surface area contributed by atoms with Crippen molar-refractivity contribution < 1.29 is 14.3 Å². The summed E-state index contributed by atoms with van der Waals surface area (Å²) in [6, 6.07) is 8.43. The second-order valence-corrected chi connectivity index (χ2v) is 7.37. The number of nitrogens with zero attached hydrogens (tertiary/aromatic N) is 1. The molecule has 0 saturated carbocycles. The Morgan fingerprint density at radius 1 is 1.35 bits per heavy atom. The van der Waals surface area contributed by atoms with Crippen molar-refractivity contribution in [3.8, 4) is 5.75 Å². The normalized spacial score (nSPS) is 24.6. The van der Waals surface area contributed by atoms with Crippen molar-refractivity contribution in [2.75, 3.05) is 26.2 Å². The highest BCUT2D eigenvalue weighted by Crippen LogP contribution is 2.29. The fourth-order valence-corrected chi connectivity index (χ4v) is 3.20. The molecule has 5 heteroatoms. The number of hydrogen-bond acceptors (Lipinski definition) is 4. The minimum Gasteiger partial charge on any atom is -0.493 e. The van der Waals surface area contributed by atoms with Gasteiger partial charge in [0.15, 0.2) is 0 Å². The Morgan fingerprint density at radius 2 is 2.13 bits per heavy atom. The zero-order chi connectivity index (χ0) is 16.4. The molecule has 1 amide bonds. The smallest absolute Gasteiger partial charge is 0.410 e. The lowest BCUT2D eigenvalue weighted by atomic mass is 9.89. The number of fused-ring (bicyclic) bond motifs is 1. The fourth-order valence-electron chi connectivity index (χ4n) is 3.20. The Balaban J connectivity index is 1.62. The fraction of sp³-hybridized carbons (Fsp3) is 0.611. The van der Waals surface area contributed by atoms with Gasteiger partial charge in [0, 0.05) is 31.6 Å². The van der Waals surface area contributed by atoms with Crippen molar-refractivity contribution in [2.24, 2.45) is 5.92 Å². The van der Waals surface area contributed by atoms with Crippen molar-refractivity contribution in [3.05, 3.63) is 29.8 Å². The van der Waals surface area contributed by atoms with E-state index in [0.717, 1.165) is 18.7 Å². The Bertz CT molecular complexity index is 568. The van der Waals surface area contributed by atoms with Crippen LogP contribution in [0.2, 0.25) is 0 Å². The van der Waals surface area contributed by atoms with Gasteiger partial charge in [0.05, 0.1) is 6.61 Å². The number of piperazine rings is 1. The minimum absolute atomic E-state index is 0.221. The SMILES string of the molecule is CC(C)(C)OC(=O)N1CCNC(C2COc3ccccc3C2)C1. The van der Waals surface area contributed by atoms with E-state index in [1.807, 2.05) is 43.9 Å². The summed E-state index contributed by atoms with van der Waals surface area (Å²) in [6.07, 6.45) is 0.761. The van der Waals surface area contributed by atoms with Crippen LogP contribution in [0.25, 0.3) is 0 Å². The van der Waals surface area contributed by atoms with Crippen molar-refractivity contribution in [1.82, 2.24) is 10.2 Å². The van der Waals surface area contributed by atoms with Crippen molar-refractivity contribution in [3.63, 3.8) is 0 Å². The van der Waals surface area contributed by atoms with Crippen molar-refractivity contribution in [1.29, 1.82) is 0 Å². The maximum absolute atomic E-state index is 12.3. The number of carbonyl (C=O) groups excluding carboxylic acids is 1. The summed E-state index contributed by atoms with van der Waals surface area (Å²) in [7, 11) is 0. The summed E-state index contributed by atoms with van der Waals surface area (Å²) < 4.78 is 11.4. The largest absolute Gasteiger partial charge is 0.493 e. The highest BCUT2D eigenvalue weighted by Gasteiger charge is 2.33. The van der Waals surface area contributed by atoms with E-state index in [1.54, 1.807) is 0 Å². The van der Waals surface area contributed by atoms with Gasteiger partial charge in [-0.25, -0.2) is 4.79 Å². The molecule has 0 radical (unpaired) electrons.